The highest BCUT2D eigenvalue weighted by Gasteiger charge is 2.55. The van der Waals surface area contributed by atoms with Crippen LogP contribution in [0.5, 0.6) is 5.75 Å². The maximum atomic E-state index is 13.2. The predicted octanol–water partition coefficient (Wildman–Crippen LogP) is 4.62. The van der Waals surface area contributed by atoms with Gasteiger partial charge in [0.05, 0.1) is 13.0 Å². The Morgan fingerprint density at radius 2 is 1.70 bits per heavy atom. The fraction of sp³-hybridized carbons (Fsp3) is 0.286. The lowest BCUT2D eigenvalue weighted by Crippen LogP contribution is -2.36. The molecule has 116 valence electrons. The molecular formula is C21H20O2. The minimum atomic E-state index is -0.362. The summed E-state index contributed by atoms with van der Waals surface area (Å²) < 4.78 is 5.63. The molecule has 0 fully saturated rings. The largest absolute Gasteiger partial charge is 0.496 e. The van der Waals surface area contributed by atoms with Gasteiger partial charge in [-0.15, -0.1) is 0 Å². The molecule has 0 saturated carbocycles. The highest BCUT2D eigenvalue weighted by molar-refractivity contribution is 6.09. The lowest BCUT2D eigenvalue weighted by molar-refractivity contribution is 0.0929. The van der Waals surface area contributed by atoms with E-state index in [1.807, 2.05) is 18.2 Å². The van der Waals surface area contributed by atoms with Crippen LogP contribution in [0.3, 0.4) is 0 Å². The highest BCUT2D eigenvalue weighted by Crippen LogP contribution is 2.58. The summed E-state index contributed by atoms with van der Waals surface area (Å²) in [5.41, 5.74) is 6.36. The molecule has 0 unspecified atom stereocenters. The average molecular weight is 304 g/mol. The Labute approximate surface area is 136 Å². The molecule has 2 atom stereocenters. The van der Waals surface area contributed by atoms with Gasteiger partial charge >= 0.3 is 0 Å². The average Bonchev–Trinajstić information content (AvgIpc) is 2.82. The number of benzene rings is 2. The molecular weight excluding hydrogens is 284 g/mol. The van der Waals surface area contributed by atoms with Crippen LogP contribution in [0.15, 0.2) is 48.0 Å². The van der Waals surface area contributed by atoms with E-state index in [-0.39, 0.29) is 17.1 Å². The number of methoxy groups -OCH3 is 1. The Kier molecular flexibility index (Phi) is 2.84. The number of hydrogen-bond acceptors (Lipinski definition) is 2. The van der Waals surface area contributed by atoms with E-state index in [1.165, 1.54) is 22.3 Å². The molecule has 0 spiro atoms. The molecule has 0 amide bonds. The molecule has 0 heterocycles. The van der Waals surface area contributed by atoms with Crippen LogP contribution < -0.4 is 4.74 Å². The van der Waals surface area contributed by atoms with Crippen LogP contribution in [0.1, 0.15) is 47.8 Å². The van der Waals surface area contributed by atoms with Gasteiger partial charge in [-0.25, -0.2) is 0 Å². The third kappa shape index (κ3) is 1.56. The van der Waals surface area contributed by atoms with Gasteiger partial charge in [0.2, 0.25) is 0 Å². The Morgan fingerprint density at radius 3 is 2.43 bits per heavy atom. The van der Waals surface area contributed by atoms with Gasteiger partial charge in [-0.1, -0.05) is 48.9 Å². The lowest BCUT2D eigenvalue weighted by Gasteiger charge is -2.40. The molecule has 0 aromatic heterocycles. The summed E-state index contributed by atoms with van der Waals surface area (Å²) in [4.78, 5) is 13.2. The Morgan fingerprint density at radius 1 is 1.00 bits per heavy atom. The second-order valence-corrected chi connectivity index (χ2v) is 6.74. The first-order chi connectivity index (χ1) is 11.0. The van der Waals surface area contributed by atoms with E-state index in [1.54, 1.807) is 7.11 Å². The van der Waals surface area contributed by atoms with Crippen molar-refractivity contribution < 1.29 is 9.53 Å². The highest BCUT2D eigenvalue weighted by atomic mass is 16.5. The van der Waals surface area contributed by atoms with Crippen molar-refractivity contribution in [2.24, 2.45) is 5.92 Å². The number of carbonyl (C=O) groups is 1. The molecule has 2 aliphatic carbocycles. The molecule has 0 radical (unpaired) electrons. The zero-order valence-corrected chi connectivity index (χ0v) is 13.9. The van der Waals surface area contributed by atoms with Gasteiger partial charge in [0.15, 0.2) is 5.78 Å². The SMILES string of the molecule is COc1cccc2c1[C@@]1(C)c3ccccc3C(C)=C(C)[C@H]1C2=O. The smallest absolute Gasteiger partial charge is 0.171 e. The van der Waals surface area contributed by atoms with Gasteiger partial charge in [0.1, 0.15) is 5.75 Å². The summed E-state index contributed by atoms with van der Waals surface area (Å²) in [7, 11) is 1.68. The number of hydrogen-bond donors (Lipinski definition) is 0. The van der Waals surface area contributed by atoms with E-state index >= 15 is 0 Å². The van der Waals surface area contributed by atoms with Gasteiger partial charge in [0.25, 0.3) is 0 Å². The molecule has 0 bridgehead atoms. The van der Waals surface area contributed by atoms with Crippen LogP contribution in [0.25, 0.3) is 5.57 Å². The van der Waals surface area contributed by atoms with Gasteiger partial charge in [-0.2, -0.15) is 0 Å². The molecule has 2 heteroatoms. The number of rotatable bonds is 1. The Balaban J connectivity index is 2.15. The third-order valence-electron chi connectivity index (χ3n) is 5.79. The number of fused-ring (bicyclic) bond motifs is 5. The minimum Gasteiger partial charge on any atom is -0.496 e. The summed E-state index contributed by atoms with van der Waals surface area (Å²) in [5.74, 6) is 0.888. The van der Waals surface area contributed by atoms with Crippen LogP contribution in [-0.2, 0) is 5.41 Å². The maximum Gasteiger partial charge on any atom is 0.171 e. The van der Waals surface area contributed by atoms with Gasteiger partial charge in [0, 0.05) is 16.5 Å². The molecule has 2 nitrogen and oxygen atoms in total. The van der Waals surface area contributed by atoms with Gasteiger partial charge in [-0.3, -0.25) is 4.79 Å². The fourth-order valence-electron chi connectivity index (χ4n) is 4.62. The normalized spacial score (nSPS) is 25.0. The van der Waals surface area contributed by atoms with Crippen molar-refractivity contribution in [2.45, 2.75) is 26.2 Å². The zero-order chi connectivity index (χ0) is 16.4. The van der Waals surface area contributed by atoms with Crippen LogP contribution in [0, 0.1) is 5.92 Å². The minimum absolute atomic E-state index is 0.135. The topological polar surface area (TPSA) is 26.3 Å². The molecule has 0 N–H and O–H groups in total. The van der Waals surface area contributed by atoms with Gasteiger partial charge < -0.3 is 4.74 Å². The van der Waals surface area contributed by atoms with E-state index in [4.69, 9.17) is 4.74 Å². The van der Waals surface area contributed by atoms with Crippen molar-refractivity contribution in [3.8, 4) is 5.75 Å². The summed E-state index contributed by atoms with van der Waals surface area (Å²) in [5, 5.41) is 0. The van der Waals surface area contributed by atoms with E-state index in [2.05, 4.69) is 45.0 Å². The molecule has 2 aromatic rings. The Bertz CT molecular complexity index is 875. The van der Waals surface area contributed by atoms with E-state index < -0.39 is 0 Å². The standard InChI is InChI=1S/C21H20O2/c1-12-13(2)18-20(22)15-9-7-11-17(23-4)19(15)21(18,3)16-10-6-5-8-14(12)16/h5-11,18H,1-4H3/t18-,21-/m0/s1. The lowest BCUT2D eigenvalue weighted by atomic mass is 9.62. The first kappa shape index (κ1) is 14.3. The Hall–Kier alpha value is -2.35. The van der Waals surface area contributed by atoms with Crippen molar-refractivity contribution in [1.29, 1.82) is 0 Å². The van der Waals surface area contributed by atoms with Crippen molar-refractivity contribution in [3.05, 3.63) is 70.3 Å². The number of Topliss-reactive ketones (excluding diaryl/α,β-unsaturated/α-hetero) is 1. The molecule has 4 rings (SSSR count). The summed E-state index contributed by atoms with van der Waals surface area (Å²) in [6.07, 6.45) is 0. The maximum absolute atomic E-state index is 13.2. The van der Waals surface area contributed by atoms with Crippen LogP contribution >= 0.6 is 0 Å². The number of ketones is 1. The van der Waals surface area contributed by atoms with Crippen LogP contribution in [-0.4, -0.2) is 12.9 Å². The van der Waals surface area contributed by atoms with E-state index in [0.717, 1.165) is 16.9 Å². The van der Waals surface area contributed by atoms with Crippen molar-refractivity contribution in [1.82, 2.24) is 0 Å². The van der Waals surface area contributed by atoms with E-state index in [0.29, 0.717) is 0 Å². The zero-order valence-electron chi connectivity index (χ0n) is 13.9. The summed E-state index contributed by atoms with van der Waals surface area (Å²) in [6.45, 7) is 6.42. The number of ether oxygens (including phenoxy) is 1. The second-order valence-electron chi connectivity index (χ2n) is 6.74. The molecule has 2 aromatic carbocycles. The fourth-order valence-corrected chi connectivity index (χ4v) is 4.62. The number of carbonyl (C=O) groups excluding carboxylic acids is 1. The van der Waals surface area contributed by atoms with Crippen molar-refractivity contribution >= 4 is 11.4 Å². The molecule has 23 heavy (non-hydrogen) atoms. The summed E-state index contributed by atoms with van der Waals surface area (Å²) >= 11 is 0. The first-order valence-corrected chi connectivity index (χ1v) is 8.00. The predicted molar refractivity (Wildman–Crippen MR) is 92.0 cm³/mol. The third-order valence-corrected chi connectivity index (χ3v) is 5.79. The van der Waals surface area contributed by atoms with Crippen LogP contribution in [0.4, 0.5) is 0 Å². The summed E-state index contributed by atoms with van der Waals surface area (Å²) in [6, 6.07) is 14.3. The van der Waals surface area contributed by atoms with Crippen LogP contribution in [0.2, 0.25) is 0 Å². The first-order valence-electron chi connectivity index (χ1n) is 8.00. The van der Waals surface area contributed by atoms with Gasteiger partial charge in [-0.05, 0) is 36.6 Å². The second kappa shape index (κ2) is 4.58. The van der Waals surface area contributed by atoms with Crippen molar-refractivity contribution in [3.63, 3.8) is 0 Å². The molecule has 0 saturated heterocycles. The monoisotopic (exact) mass is 304 g/mol. The van der Waals surface area contributed by atoms with E-state index in [9.17, 15) is 4.79 Å². The molecule has 2 aliphatic rings. The quantitative estimate of drug-likeness (QED) is 0.768. The van der Waals surface area contributed by atoms with Crippen molar-refractivity contribution in [2.75, 3.05) is 7.11 Å². The number of allylic oxidation sites excluding steroid dienone is 2. The molecule has 0 aliphatic heterocycles.